The zero-order valence-electron chi connectivity index (χ0n) is 17.5. The highest BCUT2D eigenvalue weighted by Crippen LogP contribution is 2.40. The van der Waals surface area contributed by atoms with Crippen molar-refractivity contribution in [2.75, 3.05) is 31.5 Å². The van der Waals surface area contributed by atoms with Crippen LogP contribution in [0.3, 0.4) is 0 Å². The first-order valence-corrected chi connectivity index (χ1v) is 12.7. The number of rotatable bonds is 8. The van der Waals surface area contributed by atoms with Crippen LogP contribution in [0.1, 0.15) is 12.5 Å². The molecular weight excluding hydrogens is 534 g/mol. The highest BCUT2D eigenvalue weighted by Gasteiger charge is 2.33. The van der Waals surface area contributed by atoms with Gasteiger partial charge in [-0.3, -0.25) is 9.69 Å². The molecule has 2 aromatic carbocycles. The number of anilines is 1. The van der Waals surface area contributed by atoms with Crippen LogP contribution in [-0.2, 0) is 14.3 Å². The van der Waals surface area contributed by atoms with Crippen LogP contribution in [-0.4, -0.2) is 42.8 Å². The van der Waals surface area contributed by atoms with Crippen molar-refractivity contribution in [2.45, 2.75) is 11.8 Å². The zero-order valence-corrected chi connectivity index (χ0v) is 21.6. The Labute approximate surface area is 208 Å². The van der Waals surface area contributed by atoms with E-state index in [0.717, 1.165) is 16.1 Å². The van der Waals surface area contributed by atoms with E-state index in [1.807, 2.05) is 37.4 Å². The van der Waals surface area contributed by atoms with Gasteiger partial charge in [-0.2, -0.15) is 0 Å². The number of halogens is 1. The first kappa shape index (κ1) is 24.6. The van der Waals surface area contributed by atoms with Gasteiger partial charge in [-0.25, -0.2) is 4.79 Å². The first-order chi connectivity index (χ1) is 15.4. The Hall–Kier alpha value is -2.01. The second-order valence-corrected chi connectivity index (χ2v) is 9.76. The van der Waals surface area contributed by atoms with Gasteiger partial charge in [0.25, 0.3) is 5.91 Å². The second kappa shape index (κ2) is 11.2. The Kier molecular flexibility index (Phi) is 8.64. The molecule has 2 aromatic rings. The van der Waals surface area contributed by atoms with E-state index in [0.29, 0.717) is 31.8 Å². The van der Waals surface area contributed by atoms with Crippen LogP contribution in [0.2, 0.25) is 0 Å². The Balaban J connectivity index is 1.91. The van der Waals surface area contributed by atoms with Crippen molar-refractivity contribution in [3.05, 3.63) is 51.3 Å². The van der Waals surface area contributed by atoms with Crippen molar-refractivity contribution in [2.24, 2.45) is 0 Å². The van der Waals surface area contributed by atoms with Crippen molar-refractivity contribution in [3.8, 4) is 11.5 Å². The fourth-order valence-electron chi connectivity index (χ4n) is 2.86. The predicted molar refractivity (Wildman–Crippen MR) is 137 cm³/mol. The summed E-state index contributed by atoms with van der Waals surface area (Å²) in [6.45, 7) is 2.00. The maximum absolute atomic E-state index is 13.1. The number of ether oxygens (including phenoxy) is 3. The molecule has 0 atom stereocenters. The number of benzene rings is 2. The number of amides is 1. The average Bonchev–Trinajstić information content (AvgIpc) is 3.05. The van der Waals surface area contributed by atoms with Crippen LogP contribution in [0.4, 0.5) is 5.69 Å². The van der Waals surface area contributed by atoms with Gasteiger partial charge in [0.15, 0.2) is 22.4 Å². The van der Waals surface area contributed by atoms with E-state index in [-0.39, 0.29) is 12.5 Å². The third kappa shape index (κ3) is 5.67. The molecule has 1 heterocycles. The van der Waals surface area contributed by atoms with Crippen LogP contribution in [0.5, 0.6) is 11.5 Å². The molecule has 0 radical (unpaired) electrons. The van der Waals surface area contributed by atoms with Crippen LogP contribution < -0.4 is 14.4 Å². The zero-order chi connectivity index (χ0) is 23.3. The molecular formula is C22H20BrNO5S3. The minimum Gasteiger partial charge on any atom is -0.490 e. The molecule has 10 heteroatoms. The molecule has 168 valence electrons. The van der Waals surface area contributed by atoms with Crippen molar-refractivity contribution in [1.29, 1.82) is 0 Å². The van der Waals surface area contributed by atoms with E-state index < -0.39 is 5.97 Å². The fraction of sp³-hybridized carbons (Fsp3) is 0.227. The van der Waals surface area contributed by atoms with Gasteiger partial charge in [0, 0.05) is 4.90 Å². The molecule has 0 spiro atoms. The molecule has 1 aliphatic rings. The van der Waals surface area contributed by atoms with Gasteiger partial charge in [0.05, 0.1) is 28.8 Å². The third-order valence-corrected chi connectivity index (χ3v) is 6.91. The van der Waals surface area contributed by atoms with E-state index in [4.69, 9.17) is 21.7 Å². The molecule has 1 aliphatic heterocycles. The molecule has 0 saturated carbocycles. The number of thiocarbonyl (C=S) groups is 1. The summed E-state index contributed by atoms with van der Waals surface area (Å²) in [4.78, 5) is 27.7. The molecule has 0 aromatic heterocycles. The second-order valence-electron chi connectivity index (χ2n) is 6.35. The third-order valence-electron chi connectivity index (χ3n) is 4.30. The number of thioether (sulfide) groups is 2. The summed E-state index contributed by atoms with van der Waals surface area (Å²) >= 11 is 11.8. The van der Waals surface area contributed by atoms with Crippen LogP contribution in [0.15, 0.2) is 50.7 Å². The summed E-state index contributed by atoms with van der Waals surface area (Å²) in [5.41, 5.74) is 1.47. The Morgan fingerprint density at radius 1 is 1.28 bits per heavy atom. The normalized spacial score (nSPS) is 14.8. The average molecular weight is 555 g/mol. The van der Waals surface area contributed by atoms with Crippen molar-refractivity contribution < 1.29 is 23.8 Å². The molecule has 1 amide bonds. The quantitative estimate of drug-likeness (QED) is 0.183. The summed E-state index contributed by atoms with van der Waals surface area (Å²) in [5.74, 6) is 0.145. The van der Waals surface area contributed by atoms with Crippen LogP contribution >= 0.6 is 51.7 Å². The highest BCUT2D eigenvalue weighted by atomic mass is 79.9. The van der Waals surface area contributed by atoms with E-state index in [1.165, 1.54) is 23.8 Å². The molecule has 1 fully saturated rings. The largest absolute Gasteiger partial charge is 0.490 e. The number of hydrogen-bond acceptors (Lipinski definition) is 8. The highest BCUT2D eigenvalue weighted by molar-refractivity contribution is 9.10. The van der Waals surface area contributed by atoms with Gasteiger partial charge in [-0.05, 0) is 71.1 Å². The van der Waals surface area contributed by atoms with Gasteiger partial charge in [-0.1, -0.05) is 30.0 Å². The van der Waals surface area contributed by atoms with Gasteiger partial charge in [0.1, 0.15) is 0 Å². The number of methoxy groups -OCH3 is 1. The minimum absolute atomic E-state index is 0.182. The Morgan fingerprint density at radius 2 is 2.06 bits per heavy atom. The lowest BCUT2D eigenvalue weighted by molar-refractivity contribution is -0.142. The van der Waals surface area contributed by atoms with Crippen LogP contribution in [0.25, 0.3) is 6.08 Å². The molecule has 32 heavy (non-hydrogen) atoms. The number of hydrogen-bond donors (Lipinski definition) is 0. The lowest BCUT2D eigenvalue weighted by atomic mass is 10.1. The summed E-state index contributed by atoms with van der Waals surface area (Å²) in [6, 6.07) is 11.2. The number of nitrogens with zero attached hydrogens (tertiary/aromatic N) is 1. The smallest absolute Gasteiger partial charge is 0.343 e. The maximum atomic E-state index is 13.1. The van der Waals surface area contributed by atoms with Gasteiger partial charge >= 0.3 is 5.97 Å². The van der Waals surface area contributed by atoms with E-state index in [1.54, 1.807) is 30.0 Å². The topological polar surface area (TPSA) is 65.1 Å². The minimum atomic E-state index is -0.502. The summed E-state index contributed by atoms with van der Waals surface area (Å²) < 4.78 is 16.9. The molecule has 3 rings (SSSR count). The number of esters is 1. The van der Waals surface area contributed by atoms with Gasteiger partial charge in [0.2, 0.25) is 0 Å². The molecule has 0 aliphatic carbocycles. The predicted octanol–water partition coefficient (Wildman–Crippen LogP) is 5.53. The van der Waals surface area contributed by atoms with Crippen LogP contribution in [0, 0.1) is 0 Å². The lowest BCUT2D eigenvalue weighted by Crippen LogP contribution is -2.27. The maximum Gasteiger partial charge on any atom is 0.343 e. The molecule has 0 unspecified atom stereocenters. The monoisotopic (exact) mass is 553 g/mol. The van der Waals surface area contributed by atoms with Crippen molar-refractivity contribution in [1.82, 2.24) is 0 Å². The fourth-order valence-corrected chi connectivity index (χ4v) is 5.18. The molecule has 0 bridgehead atoms. The standard InChI is InChI=1S/C22H20BrNO5S3/c1-4-28-17-9-13(8-16(23)20(17)29-12-19(25)27-2)10-18-21(26)24(22(30)32-18)14-6-5-7-15(11-14)31-3/h5-11H,4,12H2,1-3H3/b18-10-. The number of carbonyl (C=O) groups excluding carboxylic acids is 2. The number of carbonyl (C=O) groups is 2. The SMILES string of the molecule is CCOc1cc(/C=C2\SC(=S)N(c3cccc(SC)c3)C2=O)cc(Br)c1OCC(=O)OC. The lowest BCUT2D eigenvalue weighted by Gasteiger charge is -2.15. The van der Waals surface area contributed by atoms with Gasteiger partial charge < -0.3 is 14.2 Å². The summed E-state index contributed by atoms with van der Waals surface area (Å²) in [7, 11) is 1.29. The van der Waals surface area contributed by atoms with Crippen molar-refractivity contribution >= 4 is 79.6 Å². The Bertz CT molecular complexity index is 1090. The summed E-state index contributed by atoms with van der Waals surface area (Å²) in [5, 5.41) is 0. The van der Waals surface area contributed by atoms with E-state index >= 15 is 0 Å². The van der Waals surface area contributed by atoms with Crippen molar-refractivity contribution in [3.63, 3.8) is 0 Å². The first-order valence-electron chi connectivity index (χ1n) is 9.45. The van der Waals surface area contributed by atoms with E-state index in [2.05, 4.69) is 20.7 Å². The molecule has 0 N–H and O–H groups in total. The summed E-state index contributed by atoms with van der Waals surface area (Å²) in [6.07, 6.45) is 3.74. The van der Waals surface area contributed by atoms with Gasteiger partial charge in [-0.15, -0.1) is 11.8 Å². The molecule has 1 saturated heterocycles. The van der Waals surface area contributed by atoms with E-state index in [9.17, 15) is 9.59 Å². The molecule has 6 nitrogen and oxygen atoms in total. The Morgan fingerprint density at radius 3 is 2.75 bits per heavy atom.